The van der Waals surface area contributed by atoms with Crippen LogP contribution in [0, 0.1) is 0 Å². The quantitative estimate of drug-likeness (QED) is 0.838. The normalized spacial score (nSPS) is 24.8. The van der Waals surface area contributed by atoms with E-state index in [-0.39, 0.29) is 18.3 Å². The molecule has 25 heavy (non-hydrogen) atoms. The van der Waals surface area contributed by atoms with E-state index in [1.807, 2.05) is 24.3 Å². The molecule has 2 aromatic rings. The van der Waals surface area contributed by atoms with Crippen LogP contribution in [0.4, 0.5) is 0 Å². The molecule has 2 aliphatic rings. The molecule has 4 rings (SSSR count). The second kappa shape index (κ2) is 5.93. The van der Waals surface area contributed by atoms with Crippen molar-refractivity contribution in [2.45, 2.75) is 57.8 Å². The third-order valence-corrected chi connectivity index (χ3v) is 5.59. The summed E-state index contributed by atoms with van der Waals surface area (Å²) in [6.07, 6.45) is 2.29. The molecular formula is C18H25BN4O2. The first kappa shape index (κ1) is 16.8. The fourth-order valence-corrected chi connectivity index (χ4v) is 3.25. The molecule has 2 N–H and O–H groups in total. The molecule has 2 fully saturated rings. The highest BCUT2D eigenvalue weighted by atomic mass is 16.7. The van der Waals surface area contributed by atoms with Crippen LogP contribution >= 0.6 is 0 Å². The number of aromatic amines is 1. The van der Waals surface area contributed by atoms with Crippen molar-refractivity contribution in [1.82, 2.24) is 20.5 Å². The SMILES string of the molecule is CC1(C)OB(c2ccc(-c3n[nH]c(C4CCCN4)n3)cc2)OC1(C)C. The van der Waals surface area contributed by atoms with Crippen LogP contribution in [-0.4, -0.2) is 40.0 Å². The van der Waals surface area contributed by atoms with Crippen LogP contribution in [0.25, 0.3) is 11.4 Å². The highest BCUT2D eigenvalue weighted by Crippen LogP contribution is 2.36. The number of aromatic nitrogens is 3. The zero-order valence-corrected chi connectivity index (χ0v) is 15.3. The minimum Gasteiger partial charge on any atom is -0.399 e. The summed E-state index contributed by atoms with van der Waals surface area (Å²) in [7, 11) is -0.343. The van der Waals surface area contributed by atoms with E-state index in [9.17, 15) is 0 Å². The predicted octanol–water partition coefficient (Wildman–Crippen LogP) is 2.20. The third kappa shape index (κ3) is 3.01. The summed E-state index contributed by atoms with van der Waals surface area (Å²) < 4.78 is 12.2. The summed E-state index contributed by atoms with van der Waals surface area (Å²) in [5.74, 6) is 1.65. The molecule has 7 heteroatoms. The summed E-state index contributed by atoms with van der Waals surface area (Å²) in [5.41, 5.74) is 1.34. The van der Waals surface area contributed by atoms with Gasteiger partial charge in [0.2, 0.25) is 0 Å². The van der Waals surface area contributed by atoms with Crippen molar-refractivity contribution in [3.05, 3.63) is 30.1 Å². The van der Waals surface area contributed by atoms with Crippen LogP contribution < -0.4 is 10.8 Å². The summed E-state index contributed by atoms with van der Waals surface area (Å²) >= 11 is 0. The molecule has 0 radical (unpaired) electrons. The number of nitrogens with zero attached hydrogens (tertiary/aromatic N) is 2. The van der Waals surface area contributed by atoms with Crippen molar-refractivity contribution in [2.75, 3.05) is 6.54 Å². The molecule has 0 spiro atoms. The van der Waals surface area contributed by atoms with Gasteiger partial charge in [0.15, 0.2) is 5.82 Å². The maximum Gasteiger partial charge on any atom is 0.494 e. The van der Waals surface area contributed by atoms with Gasteiger partial charge in [0.25, 0.3) is 0 Å². The van der Waals surface area contributed by atoms with Crippen molar-refractivity contribution in [2.24, 2.45) is 0 Å². The van der Waals surface area contributed by atoms with Gasteiger partial charge in [-0.1, -0.05) is 24.3 Å². The fourth-order valence-electron chi connectivity index (χ4n) is 3.25. The van der Waals surface area contributed by atoms with E-state index in [0.29, 0.717) is 6.04 Å². The van der Waals surface area contributed by atoms with Crippen molar-refractivity contribution in [3.63, 3.8) is 0 Å². The number of nitrogens with one attached hydrogen (secondary N) is 2. The Balaban J connectivity index is 1.51. The first-order valence-electron chi connectivity index (χ1n) is 8.97. The average Bonchev–Trinajstić information content (AvgIpc) is 3.28. The van der Waals surface area contributed by atoms with E-state index in [1.165, 1.54) is 6.42 Å². The van der Waals surface area contributed by atoms with Crippen LogP contribution in [0.3, 0.4) is 0 Å². The molecule has 1 aromatic carbocycles. The van der Waals surface area contributed by atoms with Gasteiger partial charge in [0.1, 0.15) is 5.82 Å². The molecule has 1 aromatic heterocycles. The molecule has 0 aliphatic carbocycles. The minimum atomic E-state index is -0.343. The summed E-state index contributed by atoms with van der Waals surface area (Å²) in [5, 5.41) is 10.9. The number of benzene rings is 1. The first-order chi connectivity index (χ1) is 11.9. The molecule has 2 saturated heterocycles. The Morgan fingerprint density at radius 3 is 2.36 bits per heavy atom. The van der Waals surface area contributed by atoms with E-state index in [2.05, 4.69) is 48.2 Å². The molecule has 0 bridgehead atoms. The van der Waals surface area contributed by atoms with Gasteiger partial charge in [0, 0.05) is 5.56 Å². The largest absolute Gasteiger partial charge is 0.494 e. The highest BCUT2D eigenvalue weighted by Gasteiger charge is 2.51. The number of rotatable bonds is 3. The Morgan fingerprint density at radius 1 is 1.08 bits per heavy atom. The third-order valence-electron chi connectivity index (χ3n) is 5.59. The topological polar surface area (TPSA) is 72.1 Å². The molecule has 1 atom stereocenters. The minimum absolute atomic E-state index is 0.297. The molecule has 132 valence electrons. The van der Waals surface area contributed by atoms with Crippen molar-refractivity contribution in [1.29, 1.82) is 0 Å². The zero-order valence-electron chi connectivity index (χ0n) is 15.3. The van der Waals surface area contributed by atoms with E-state index in [1.54, 1.807) is 0 Å². The zero-order chi connectivity index (χ0) is 17.7. The second-order valence-electron chi connectivity index (χ2n) is 7.90. The van der Waals surface area contributed by atoms with E-state index in [4.69, 9.17) is 9.31 Å². The van der Waals surface area contributed by atoms with E-state index in [0.717, 1.165) is 35.6 Å². The number of H-pyrrole nitrogens is 1. The van der Waals surface area contributed by atoms with Gasteiger partial charge in [-0.15, -0.1) is 0 Å². The summed E-state index contributed by atoms with van der Waals surface area (Å²) in [6, 6.07) is 8.40. The van der Waals surface area contributed by atoms with Gasteiger partial charge >= 0.3 is 7.12 Å². The Hall–Kier alpha value is -1.70. The van der Waals surface area contributed by atoms with Crippen molar-refractivity contribution >= 4 is 12.6 Å². The maximum absolute atomic E-state index is 6.10. The Labute approximate surface area is 148 Å². The number of hydrogen-bond donors (Lipinski definition) is 2. The molecule has 3 heterocycles. The van der Waals surface area contributed by atoms with Crippen LogP contribution in [0.15, 0.2) is 24.3 Å². The van der Waals surface area contributed by atoms with Crippen molar-refractivity contribution < 1.29 is 9.31 Å². The lowest BCUT2D eigenvalue weighted by Gasteiger charge is -2.32. The molecule has 2 aliphatic heterocycles. The summed E-state index contributed by atoms with van der Waals surface area (Å²) in [6.45, 7) is 9.30. The average molecular weight is 340 g/mol. The smallest absolute Gasteiger partial charge is 0.399 e. The molecule has 6 nitrogen and oxygen atoms in total. The molecule has 0 amide bonds. The standard InChI is InChI=1S/C18H25BN4O2/c1-17(2)18(3,4)25-19(24-17)13-9-7-12(8-10-13)15-21-16(23-22-15)14-6-5-11-20-14/h7-10,14,20H,5-6,11H2,1-4H3,(H,21,22,23). The lowest BCUT2D eigenvalue weighted by Crippen LogP contribution is -2.41. The lowest BCUT2D eigenvalue weighted by atomic mass is 9.79. The van der Waals surface area contributed by atoms with Crippen LogP contribution in [-0.2, 0) is 9.31 Å². The monoisotopic (exact) mass is 340 g/mol. The van der Waals surface area contributed by atoms with Crippen LogP contribution in [0.2, 0.25) is 0 Å². The predicted molar refractivity (Wildman–Crippen MR) is 97.5 cm³/mol. The Kier molecular flexibility index (Phi) is 3.98. The number of hydrogen-bond acceptors (Lipinski definition) is 5. The van der Waals surface area contributed by atoms with E-state index >= 15 is 0 Å². The highest BCUT2D eigenvalue weighted by molar-refractivity contribution is 6.62. The summed E-state index contributed by atoms with van der Waals surface area (Å²) in [4.78, 5) is 4.64. The fraction of sp³-hybridized carbons (Fsp3) is 0.556. The van der Waals surface area contributed by atoms with Crippen LogP contribution in [0.5, 0.6) is 0 Å². The van der Waals surface area contributed by atoms with Crippen molar-refractivity contribution in [3.8, 4) is 11.4 Å². The van der Waals surface area contributed by atoms with Gasteiger partial charge in [-0.2, -0.15) is 5.10 Å². The van der Waals surface area contributed by atoms with Gasteiger partial charge < -0.3 is 14.6 Å². The molecule has 0 saturated carbocycles. The second-order valence-corrected chi connectivity index (χ2v) is 7.90. The van der Waals surface area contributed by atoms with Gasteiger partial charge in [-0.3, -0.25) is 5.10 Å². The molecule has 1 unspecified atom stereocenters. The first-order valence-corrected chi connectivity index (χ1v) is 8.97. The van der Waals surface area contributed by atoms with E-state index < -0.39 is 0 Å². The van der Waals surface area contributed by atoms with Gasteiger partial charge in [0.05, 0.1) is 17.2 Å². The lowest BCUT2D eigenvalue weighted by molar-refractivity contribution is 0.00578. The Morgan fingerprint density at radius 2 is 1.76 bits per heavy atom. The maximum atomic E-state index is 6.10. The Bertz CT molecular complexity index is 735. The van der Waals surface area contributed by atoms with Gasteiger partial charge in [-0.25, -0.2) is 4.98 Å². The molecular weight excluding hydrogens is 315 g/mol. The van der Waals surface area contributed by atoms with Crippen LogP contribution in [0.1, 0.15) is 52.4 Å². The van der Waals surface area contributed by atoms with Gasteiger partial charge in [-0.05, 0) is 52.5 Å².